The number of nitrogens with one attached hydrogen (secondary N) is 2. The Labute approximate surface area is 181 Å². The van der Waals surface area contributed by atoms with E-state index < -0.39 is 0 Å². The number of H-pyrrole nitrogens is 1. The van der Waals surface area contributed by atoms with Gasteiger partial charge in [0.2, 0.25) is 5.95 Å². The zero-order valence-corrected chi connectivity index (χ0v) is 17.6. The minimum absolute atomic E-state index is 0.246. The van der Waals surface area contributed by atoms with E-state index in [9.17, 15) is 9.59 Å². The maximum atomic E-state index is 12.8. The predicted molar refractivity (Wildman–Crippen MR) is 119 cm³/mol. The van der Waals surface area contributed by atoms with Crippen molar-refractivity contribution in [1.82, 2.24) is 19.7 Å². The first kappa shape index (κ1) is 20.1. The van der Waals surface area contributed by atoms with Gasteiger partial charge < -0.3 is 5.32 Å². The molecule has 0 bridgehead atoms. The van der Waals surface area contributed by atoms with Crippen LogP contribution in [0.5, 0.6) is 0 Å². The zero-order chi connectivity index (χ0) is 21.1. The lowest BCUT2D eigenvalue weighted by molar-refractivity contribution is 0.102. The van der Waals surface area contributed by atoms with Crippen molar-refractivity contribution in [3.63, 3.8) is 0 Å². The van der Waals surface area contributed by atoms with Gasteiger partial charge in [-0.25, -0.2) is 4.98 Å². The number of hydrogen-bond acceptors (Lipinski definition) is 5. The summed E-state index contributed by atoms with van der Waals surface area (Å²) >= 11 is 7.54. The molecule has 0 aliphatic carbocycles. The summed E-state index contributed by atoms with van der Waals surface area (Å²) in [7, 11) is 0. The minimum atomic E-state index is -0.344. The topological polar surface area (TPSA) is 92.7 Å². The Kier molecular flexibility index (Phi) is 5.78. The number of anilines is 1. The van der Waals surface area contributed by atoms with Gasteiger partial charge in [-0.15, -0.1) is 11.3 Å². The number of aromatic amines is 1. The van der Waals surface area contributed by atoms with E-state index >= 15 is 0 Å². The molecule has 0 fully saturated rings. The summed E-state index contributed by atoms with van der Waals surface area (Å²) in [6.07, 6.45) is 1.52. The number of benzene rings is 1. The summed E-state index contributed by atoms with van der Waals surface area (Å²) in [6.45, 7) is 2.02. The standard InChI is InChI=1S/C21H18ClN5O2S/c1-2-5-15-11-19(28)25-21(23-15)27-18(12-16(26-27)17-8-4-9-30-17)24-20(29)13-6-3-7-14(22)10-13/h3-4,6-12H,2,5H2,1H3,(H,24,29)(H,23,25,28). The Balaban J connectivity index is 1.78. The van der Waals surface area contributed by atoms with E-state index in [-0.39, 0.29) is 17.4 Å². The first-order valence-electron chi connectivity index (χ1n) is 9.35. The highest BCUT2D eigenvalue weighted by atomic mass is 35.5. The van der Waals surface area contributed by atoms with Crippen LogP contribution in [-0.4, -0.2) is 25.7 Å². The average Bonchev–Trinajstić information content (AvgIpc) is 3.37. The molecule has 152 valence electrons. The number of thiophene rings is 1. The van der Waals surface area contributed by atoms with E-state index in [0.29, 0.717) is 34.2 Å². The summed E-state index contributed by atoms with van der Waals surface area (Å²) in [5, 5.41) is 9.85. The molecule has 2 N–H and O–H groups in total. The van der Waals surface area contributed by atoms with Crippen molar-refractivity contribution in [1.29, 1.82) is 0 Å². The van der Waals surface area contributed by atoms with E-state index in [2.05, 4.69) is 20.4 Å². The number of nitrogens with zero attached hydrogens (tertiary/aromatic N) is 3. The molecule has 0 atom stereocenters. The van der Waals surface area contributed by atoms with Crippen molar-refractivity contribution >= 4 is 34.7 Å². The SMILES string of the molecule is CCCc1cc(=O)[nH]c(-n2nc(-c3cccs3)cc2NC(=O)c2cccc(Cl)c2)n1. The van der Waals surface area contributed by atoms with Crippen LogP contribution in [0.15, 0.2) is 58.7 Å². The molecule has 1 amide bonds. The molecular weight excluding hydrogens is 422 g/mol. The van der Waals surface area contributed by atoms with Gasteiger partial charge in [-0.05, 0) is 36.1 Å². The largest absolute Gasteiger partial charge is 0.306 e. The smallest absolute Gasteiger partial charge is 0.256 e. The van der Waals surface area contributed by atoms with Crippen LogP contribution in [0.3, 0.4) is 0 Å². The molecule has 3 heterocycles. The Morgan fingerprint density at radius 1 is 1.23 bits per heavy atom. The number of aryl methyl sites for hydroxylation is 1. The first-order chi connectivity index (χ1) is 14.5. The van der Waals surface area contributed by atoms with E-state index in [1.807, 2.05) is 24.4 Å². The van der Waals surface area contributed by atoms with E-state index in [4.69, 9.17) is 11.6 Å². The third kappa shape index (κ3) is 4.34. The molecule has 3 aromatic heterocycles. The Morgan fingerprint density at radius 3 is 2.83 bits per heavy atom. The maximum Gasteiger partial charge on any atom is 0.256 e. The second-order valence-corrected chi connectivity index (χ2v) is 7.96. The lowest BCUT2D eigenvalue weighted by Crippen LogP contribution is -2.19. The molecule has 0 radical (unpaired) electrons. The predicted octanol–water partition coefficient (Wildman–Crippen LogP) is 4.54. The molecule has 4 rings (SSSR count). The number of rotatable bonds is 6. The van der Waals surface area contributed by atoms with Crippen molar-refractivity contribution < 1.29 is 4.79 Å². The van der Waals surface area contributed by atoms with Gasteiger partial charge in [0.1, 0.15) is 11.5 Å². The van der Waals surface area contributed by atoms with Crippen molar-refractivity contribution in [2.45, 2.75) is 19.8 Å². The summed E-state index contributed by atoms with van der Waals surface area (Å²) in [4.78, 5) is 33.1. The molecule has 30 heavy (non-hydrogen) atoms. The number of carbonyl (C=O) groups is 1. The third-order valence-corrected chi connectivity index (χ3v) is 5.43. The van der Waals surface area contributed by atoms with Gasteiger partial charge in [0.25, 0.3) is 11.5 Å². The van der Waals surface area contributed by atoms with Crippen molar-refractivity contribution in [2.24, 2.45) is 0 Å². The molecule has 0 aliphatic rings. The van der Waals surface area contributed by atoms with E-state index in [1.54, 1.807) is 30.3 Å². The van der Waals surface area contributed by atoms with Crippen LogP contribution in [-0.2, 0) is 6.42 Å². The van der Waals surface area contributed by atoms with Gasteiger partial charge in [0.15, 0.2) is 0 Å². The van der Waals surface area contributed by atoms with Crippen LogP contribution < -0.4 is 10.9 Å². The van der Waals surface area contributed by atoms with Crippen LogP contribution in [0.25, 0.3) is 16.5 Å². The number of hydrogen-bond donors (Lipinski definition) is 2. The minimum Gasteiger partial charge on any atom is -0.306 e. The number of amides is 1. The van der Waals surface area contributed by atoms with Crippen LogP contribution in [0.1, 0.15) is 29.4 Å². The second-order valence-electron chi connectivity index (χ2n) is 6.58. The highest BCUT2D eigenvalue weighted by molar-refractivity contribution is 7.13. The molecule has 0 spiro atoms. The molecular formula is C21H18ClN5O2S. The van der Waals surface area contributed by atoms with Gasteiger partial charge in [-0.2, -0.15) is 9.78 Å². The quantitative estimate of drug-likeness (QED) is 0.461. The third-order valence-electron chi connectivity index (χ3n) is 4.30. The molecule has 0 saturated carbocycles. The molecule has 7 nitrogen and oxygen atoms in total. The summed E-state index contributed by atoms with van der Waals surface area (Å²) in [6, 6.07) is 13.7. The fraction of sp³-hybridized carbons (Fsp3) is 0.143. The lowest BCUT2D eigenvalue weighted by atomic mass is 10.2. The van der Waals surface area contributed by atoms with Crippen LogP contribution >= 0.6 is 22.9 Å². The van der Waals surface area contributed by atoms with Crippen LogP contribution in [0.4, 0.5) is 5.82 Å². The molecule has 4 aromatic rings. The second kappa shape index (κ2) is 8.64. The number of halogens is 1. The Bertz CT molecular complexity index is 1250. The fourth-order valence-electron chi connectivity index (χ4n) is 2.97. The van der Waals surface area contributed by atoms with Gasteiger partial charge in [0, 0.05) is 28.4 Å². The maximum absolute atomic E-state index is 12.8. The summed E-state index contributed by atoms with van der Waals surface area (Å²) < 4.78 is 1.44. The average molecular weight is 440 g/mol. The monoisotopic (exact) mass is 439 g/mol. The normalized spacial score (nSPS) is 10.9. The van der Waals surface area contributed by atoms with Crippen molar-refractivity contribution in [3.8, 4) is 16.5 Å². The molecule has 1 aromatic carbocycles. The van der Waals surface area contributed by atoms with Gasteiger partial charge in [-0.1, -0.05) is 37.1 Å². The Morgan fingerprint density at radius 2 is 2.10 bits per heavy atom. The number of aromatic nitrogens is 4. The Hall–Kier alpha value is -3.23. The van der Waals surface area contributed by atoms with E-state index in [1.165, 1.54) is 22.1 Å². The van der Waals surface area contributed by atoms with Gasteiger partial charge >= 0.3 is 0 Å². The molecule has 0 aliphatic heterocycles. The number of carbonyl (C=O) groups excluding carboxylic acids is 1. The molecule has 9 heteroatoms. The summed E-state index contributed by atoms with van der Waals surface area (Å²) in [5.41, 5.74) is 1.46. The van der Waals surface area contributed by atoms with Crippen molar-refractivity contribution in [2.75, 3.05) is 5.32 Å². The van der Waals surface area contributed by atoms with Gasteiger partial charge in [-0.3, -0.25) is 14.6 Å². The van der Waals surface area contributed by atoms with Crippen LogP contribution in [0.2, 0.25) is 5.02 Å². The van der Waals surface area contributed by atoms with E-state index in [0.717, 1.165) is 11.3 Å². The lowest BCUT2D eigenvalue weighted by Gasteiger charge is -2.09. The fourth-order valence-corrected chi connectivity index (χ4v) is 3.84. The molecule has 0 unspecified atom stereocenters. The summed E-state index contributed by atoms with van der Waals surface area (Å²) in [5.74, 6) is 0.291. The van der Waals surface area contributed by atoms with Gasteiger partial charge in [0.05, 0.1) is 4.88 Å². The highest BCUT2D eigenvalue weighted by Gasteiger charge is 2.17. The first-order valence-corrected chi connectivity index (χ1v) is 10.6. The molecule has 0 saturated heterocycles. The van der Waals surface area contributed by atoms with Crippen molar-refractivity contribution in [3.05, 3.63) is 80.5 Å². The van der Waals surface area contributed by atoms with Crippen LogP contribution in [0, 0.1) is 0 Å². The zero-order valence-electron chi connectivity index (χ0n) is 16.1. The highest BCUT2D eigenvalue weighted by Crippen LogP contribution is 2.27.